The maximum Gasteiger partial charge on any atom is 0.166 e. The van der Waals surface area contributed by atoms with Crippen molar-refractivity contribution in [1.29, 1.82) is 0 Å². The number of benzene rings is 2. The summed E-state index contributed by atoms with van der Waals surface area (Å²) in [5, 5.41) is 1.23. The first kappa shape index (κ1) is 25.1. The highest BCUT2D eigenvalue weighted by molar-refractivity contribution is 5.85. The molecule has 0 unspecified atom stereocenters. The first-order valence-corrected chi connectivity index (χ1v) is 13.7. The van der Waals surface area contributed by atoms with E-state index in [1.54, 1.807) is 6.08 Å². The highest BCUT2D eigenvalue weighted by Crippen LogP contribution is 2.41. The van der Waals surface area contributed by atoms with Crippen molar-refractivity contribution < 1.29 is 8.78 Å². The number of halogens is 2. The zero-order chi connectivity index (χ0) is 23.9. The van der Waals surface area contributed by atoms with Crippen LogP contribution in [0.3, 0.4) is 0 Å². The van der Waals surface area contributed by atoms with Crippen molar-refractivity contribution in [3.63, 3.8) is 0 Å². The quantitative estimate of drug-likeness (QED) is 0.307. The van der Waals surface area contributed by atoms with Crippen LogP contribution in [0.2, 0.25) is 0 Å². The maximum atomic E-state index is 14.9. The first-order chi connectivity index (χ1) is 16.6. The van der Waals surface area contributed by atoms with E-state index in [0.717, 1.165) is 23.1 Å². The van der Waals surface area contributed by atoms with Crippen LogP contribution in [0.4, 0.5) is 8.78 Å². The summed E-state index contributed by atoms with van der Waals surface area (Å²) >= 11 is 0. The summed E-state index contributed by atoms with van der Waals surface area (Å²) in [6, 6.07) is 7.86. The van der Waals surface area contributed by atoms with Crippen LogP contribution in [0, 0.1) is 29.4 Å². The van der Waals surface area contributed by atoms with Gasteiger partial charge in [0.2, 0.25) is 0 Å². The lowest BCUT2D eigenvalue weighted by atomic mass is 9.74. The highest BCUT2D eigenvalue weighted by Gasteiger charge is 2.26. The van der Waals surface area contributed by atoms with Gasteiger partial charge in [-0.3, -0.25) is 0 Å². The van der Waals surface area contributed by atoms with Gasteiger partial charge in [-0.2, -0.15) is 0 Å². The lowest BCUT2D eigenvalue weighted by Gasteiger charge is -2.32. The Balaban J connectivity index is 1.28. The summed E-state index contributed by atoms with van der Waals surface area (Å²) in [5.41, 5.74) is 1.63. The minimum absolute atomic E-state index is 0.433. The van der Waals surface area contributed by atoms with Crippen LogP contribution in [0.25, 0.3) is 10.8 Å². The third-order valence-corrected chi connectivity index (χ3v) is 8.78. The van der Waals surface area contributed by atoms with E-state index in [0.29, 0.717) is 29.7 Å². The van der Waals surface area contributed by atoms with E-state index in [9.17, 15) is 8.78 Å². The number of fused-ring (bicyclic) bond motifs is 1. The third-order valence-electron chi connectivity index (χ3n) is 8.78. The van der Waals surface area contributed by atoms with E-state index >= 15 is 0 Å². The second kappa shape index (κ2) is 12.1. The molecule has 0 radical (unpaired) electrons. The molecule has 0 spiro atoms. The van der Waals surface area contributed by atoms with Gasteiger partial charge in [0, 0.05) is 5.39 Å². The van der Waals surface area contributed by atoms with E-state index in [1.807, 2.05) is 18.2 Å². The van der Waals surface area contributed by atoms with Crippen molar-refractivity contribution in [2.24, 2.45) is 17.8 Å². The van der Waals surface area contributed by atoms with Crippen LogP contribution in [-0.2, 0) is 6.42 Å². The number of aryl methyl sites for hydroxylation is 1. The van der Waals surface area contributed by atoms with Crippen LogP contribution in [0.5, 0.6) is 0 Å². The van der Waals surface area contributed by atoms with Gasteiger partial charge in [0.15, 0.2) is 11.6 Å². The van der Waals surface area contributed by atoms with Crippen LogP contribution in [-0.4, -0.2) is 0 Å². The predicted octanol–water partition coefficient (Wildman–Crippen LogP) is 10.1. The van der Waals surface area contributed by atoms with Crippen molar-refractivity contribution in [1.82, 2.24) is 0 Å². The van der Waals surface area contributed by atoms with E-state index in [2.05, 4.69) is 25.3 Å². The molecule has 0 bridgehead atoms. The Morgan fingerprint density at radius 2 is 1.29 bits per heavy atom. The van der Waals surface area contributed by atoms with Gasteiger partial charge in [-0.25, -0.2) is 8.78 Å². The van der Waals surface area contributed by atoms with Crippen molar-refractivity contribution in [2.75, 3.05) is 0 Å². The molecule has 2 heteroatoms. The molecule has 2 aliphatic carbocycles. The smallest absolute Gasteiger partial charge is 0.166 e. The summed E-state index contributed by atoms with van der Waals surface area (Å²) in [6.45, 7) is 7.55. The van der Waals surface area contributed by atoms with E-state index in [4.69, 9.17) is 0 Å². The molecule has 0 saturated heterocycles. The third kappa shape index (κ3) is 6.18. The molecule has 0 N–H and O–H groups in total. The maximum absolute atomic E-state index is 14.9. The lowest BCUT2D eigenvalue weighted by Crippen LogP contribution is -2.17. The molecule has 184 valence electrons. The molecule has 0 atom stereocenters. The molecule has 2 aromatic carbocycles. The molecular weight excluding hydrogens is 422 g/mol. The molecule has 0 amide bonds. The summed E-state index contributed by atoms with van der Waals surface area (Å²) in [5.74, 6) is 1.81. The zero-order valence-corrected chi connectivity index (χ0v) is 20.8. The SMILES string of the molecule is C=CCCc1cc2ccc(C3CCC(CCC4CCC(CCC=C)CC4)CC3)cc2c(F)c1F. The minimum Gasteiger partial charge on any atom is -0.203 e. The fraction of sp³-hybridized carbons (Fsp3) is 0.562. The van der Waals surface area contributed by atoms with Gasteiger partial charge in [-0.1, -0.05) is 62.8 Å². The second-order valence-corrected chi connectivity index (χ2v) is 11.0. The Morgan fingerprint density at radius 3 is 1.91 bits per heavy atom. The van der Waals surface area contributed by atoms with E-state index in [-0.39, 0.29) is 0 Å². The van der Waals surface area contributed by atoms with Gasteiger partial charge >= 0.3 is 0 Å². The Hall–Kier alpha value is -1.96. The summed E-state index contributed by atoms with van der Waals surface area (Å²) < 4.78 is 29.4. The largest absolute Gasteiger partial charge is 0.203 e. The Bertz CT molecular complexity index is 959. The molecule has 0 aromatic heterocycles. The normalized spacial score (nSPS) is 25.4. The lowest BCUT2D eigenvalue weighted by molar-refractivity contribution is 0.225. The van der Waals surface area contributed by atoms with Crippen LogP contribution in [0.15, 0.2) is 49.6 Å². The Labute approximate surface area is 205 Å². The van der Waals surface area contributed by atoms with Crippen LogP contribution < -0.4 is 0 Å². The monoisotopic (exact) mass is 464 g/mol. The predicted molar refractivity (Wildman–Crippen MR) is 141 cm³/mol. The molecule has 4 rings (SSSR count). The topological polar surface area (TPSA) is 0 Å². The number of hydrogen-bond acceptors (Lipinski definition) is 0. The van der Waals surface area contributed by atoms with E-state index < -0.39 is 11.6 Å². The van der Waals surface area contributed by atoms with E-state index in [1.165, 1.54) is 82.6 Å². The van der Waals surface area contributed by atoms with Crippen molar-refractivity contribution in [2.45, 2.75) is 95.8 Å². The fourth-order valence-electron chi connectivity index (χ4n) is 6.51. The Morgan fingerprint density at radius 1 is 0.706 bits per heavy atom. The van der Waals surface area contributed by atoms with Crippen LogP contribution in [0.1, 0.15) is 101 Å². The molecular formula is C32H42F2. The minimum atomic E-state index is -0.690. The molecule has 0 heterocycles. The molecule has 2 saturated carbocycles. The Kier molecular flexibility index (Phi) is 8.98. The average Bonchev–Trinajstić information content (AvgIpc) is 2.88. The first-order valence-electron chi connectivity index (χ1n) is 13.7. The number of rotatable bonds is 10. The zero-order valence-electron chi connectivity index (χ0n) is 20.8. The van der Waals surface area contributed by atoms with Gasteiger partial charge in [-0.15, -0.1) is 13.2 Å². The van der Waals surface area contributed by atoms with Crippen LogP contribution >= 0.6 is 0 Å². The molecule has 2 aromatic rings. The highest BCUT2D eigenvalue weighted by atomic mass is 19.2. The van der Waals surface area contributed by atoms with Gasteiger partial charge in [0.1, 0.15) is 0 Å². The average molecular weight is 465 g/mol. The summed E-state index contributed by atoms with van der Waals surface area (Å²) in [6.07, 6.45) is 20.8. The number of hydrogen-bond donors (Lipinski definition) is 0. The van der Waals surface area contributed by atoms with Gasteiger partial charge in [-0.05, 0) is 104 Å². The van der Waals surface area contributed by atoms with Gasteiger partial charge < -0.3 is 0 Å². The van der Waals surface area contributed by atoms with Gasteiger partial charge in [0.05, 0.1) is 0 Å². The van der Waals surface area contributed by atoms with Crippen molar-refractivity contribution in [3.8, 4) is 0 Å². The summed E-state index contributed by atoms with van der Waals surface area (Å²) in [7, 11) is 0. The van der Waals surface area contributed by atoms with Gasteiger partial charge in [0.25, 0.3) is 0 Å². The molecule has 34 heavy (non-hydrogen) atoms. The molecule has 2 aliphatic rings. The molecule has 0 aliphatic heterocycles. The van der Waals surface area contributed by atoms with Crippen molar-refractivity contribution >= 4 is 10.8 Å². The number of allylic oxidation sites excluding steroid dienone is 2. The van der Waals surface area contributed by atoms with Crippen molar-refractivity contribution in [3.05, 3.63) is 72.3 Å². The second-order valence-electron chi connectivity index (χ2n) is 11.0. The molecule has 2 fully saturated rings. The molecule has 0 nitrogen and oxygen atoms in total. The summed E-state index contributed by atoms with van der Waals surface area (Å²) in [4.78, 5) is 0. The fourth-order valence-corrected chi connectivity index (χ4v) is 6.51. The standard InChI is InChI=1S/C32H42F2/c1-3-5-7-23-9-11-24(12-10-23)13-14-25-15-17-26(18-16-25)27-19-20-28-21-29(8-6-4-2)31(33)32(34)30(28)22-27/h3-4,19-26H,1-2,5-18H2.